The Kier molecular flexibility index (Phi) is 5.98. The van der Waals surface area contributed by atoms with Crippen molar-refractivity contribution in [1.29, 1.82) is 0 Å². The molecule has 0 unspecified atom stereocenters. The molecule has 0 N–H and O–H groups in total. The highest BCUT2D eigenvalue weighted by Gasteiger charge is 2.31. The number of carbonyl (C=O) groups is 1. The first-order valence-corrected chi connectivity index (χ1v) is 13.4. The van der Waals surface area contributed by atoms with E-state index in [1.807, 2.05) is 36.5 Å². The van der Waals surface area contributed by atoms with Gasteiger partial charge in [0.15, 0.2) is 0 Å². The zero-order valence-corrected chi connectivity index (χ0v) is 21.4. The number of benzene rings is 2. The van der Waals surface area contributed by atoms with Crippen molar-refractivity contribution in [3.63, 3.8) is 0 Å². The highest BCUT2D eigenvalue weighted by Crippen LogP contribution is 2.35. The molecule has 0 bridgehead atoms. The third-order valence-electron chi connectivity index (χ3n) is 6.71. The van der Waals surface area contributed by atoms with E-state index < -0.39 is 21.3 Å². The predicted molar refractivity (Wildman–Crippen MR) is 136 cm³/mol. The fourth-order valence-corrected chi connectivity index (χ4v) is 6.17. The van der Waals surface area contributed by atoms with Crippen LogP contribution in [0.5, 0.6) is 0 Å². The van der Waals surface area contributed by atoms with Gasteiger partial charge in [0.1, 0.15) is 5.82 Å². The monoisotopic (exact) mass is 508 g/mol. The number of aromatic nitrogens is 3. The van der Waals surface area contributed by atoms with E-state index in [-0.39, 0.29) is 22.4 Å². The highest BCUT2D eigenvalue weighted by molar-refractivity contribution is 7.90. The molecule has 2 aromatic carbocycles. The quantitative estimate of drug-likeness (QED) is 0.385. The zero-order valence-electron chi connectivity index (χ0n) is 20.6. The number of piperidine rings is 1. The molecule has 1 aliphatic rings. The number of carbonyl (C=O) groups excluding carboxylic acids is 1. The molecule has 4 aromatic rings. The minimum Gasteiger partial charge on any atom is -0.342 e. The summed E-state index contributed by atoms with van der Waals surface area (Å²) in [5, 5.41) is 5.20. The van der Waals surface area contributed by atoms with Gasteiger partial charge >= 0.3 is 0 Å². The third-order valence-corrected chi connectivity index (χ3v) is 8.40. The number of hydrogen-bond acceptors (Lipinski definition) is 4. The van der Waals surface area contributed by atoms with E-state index in [1.54, 1.807) is 36.7 Å². The van der Waals surface area contributed by atoms with Crippen LogP contribution in [0.4, 0.5) is 4.39 Å². The summed E-state index contributed by atoms with van der Waals surface area (Å²) in [4.78, 5) is 14.7. The van der Waals surface area contributed by atoms with Crippen LogP contribution >= 0.6 is 0 Å². The SMILES string of the molecule is CC(C)(C)C(=O)N1CCC(n2cc(-c3cn(S(=O)(=O)c4ccccc4)c4cc(F)ccc34)cn2)CC1. The fourth-order valence-electron chi connectivity index (χ4n) is 4.79. The fraction of sp³-hybridized carbons (Fsp3) is 0.333. The predicted octanol–water partition coefficient (Wildman–Crippen LogP) is 5.09. The summed E-state index contributed by atoms with van der Waals surface area (Å²) in [5.74, 6) is -0.356. The van der Waals surface area contributed by atoms with Crippen molar-refractivity contribution in [1.82, 2.24) is 18.7 Å². The topological polar surface area (TPSA) is 77.2 Å². The summed E-state index contributed by atoms with van der Waals surface area (Å²) in [6.07, 6.45) is 6.74. The smallest absolute Gasteiger partial charge is 0.268 e. The molecule has 0 spiro atoms. The molecule has 9 heteroatoms. The Balaban J connectivity index is 1.47. The van der Waals surface area contributed by atoms with E-state index in [9.17, 15) is 17.6 Å². The molecular formula is C27H29FN4O3S. The van der Waals surface area contributed by atoms with Crippen molar-refractivity contribution in [2.24, 2.45) is 5.41 Å². The lowest BCUT2D eigenvalue weighted by atomic mass is 9.93. The summed E-state index contributed by atoms with van der Waals surface area (Å²) in [6, 6.07) is 12.4. The normalized spacial score (nSPS) is 15.5. The second-order valence-corrected chi connectivity index (χ2v) is 12.1. The zero-order chi connectivity index (χ0) is 25.7. The van der Waals surface area contributed by atoms with Crippen LogP contribution in [0.3, 0.4) is 0 Å². The number of amides is 1. The van der Waals surface area contributed by atoms with Crippen LogP contribution in [0, 0.1) is 11.2 Å². The van der Waals surface area contributed by atoms with Gasteiger partial charge in [-0.1, -0.05) is 39.0 Å². The van der Waals surface area contributed by atoms with Crippen LogP contribution < -0.4 is 0 Å². The Morgan fingerprint density at radius 1 is 1.03 bits per heavy atom. The molecule has 5 rings (SSSR count). The van der Waals surface area contributed by atoms with E-state index >= 15 is 0 Å². The third kappa shape index (κ3) is 4.32. The molecule has 2 aromatic heterocycles. The molecule has 1 saturated heterocycles. The summed E-state index contributed by atoms with van der Waals surface area (Å²) >= 11 is 0. The van der Waals surface area contributed by atoms with Gasteiger partial charge in [-0.25, -0.2) is 16.8 Å². The summed E-state index contributed by atoms with van der Waals surface area (Å²) in [6.45, 7) is 7.14. The van der Waals surface area contributed by atoms with Gasteiger partial charge in [0, 0.05) is 47.4 Å². The van der Waals surface area contributed by atoms with Crippen LogP contribution in [0.1, 0.15) is 39.7 Å². The maximum atomic E-state index is 14.2. The first-order valence-electron chi connectivity index (χ1n) is 12.0. The van der Waals surface area contributed by atoms with Crippen molar-refractivity contribution < 1.29 is 17.6 Å². The maximum Gasteiger partial charge on any atom is 0.268 e. The van der Waals surface area contributed by atoms with Crippen LogP contribution in [0.25, 0.3) is 22.0 Å². The Labute approximate surface area is 210 Å². The molecule has 3 heterocycles. The summed E-state index contributed by atoms with van der Waals surface area (Å²) in [7, 11) is -3.92. The van der Waals surface area contributed by atoms with Crippen molar-refractivity contribution in [2.45, 2.75) is 44.6 Å². The number of nitrogens with zero attached hydrogens (tertiary/aromatic N) is 4. The second-order valence-electron chi connectivity index (χ2n) is 10.3. The lowest BCUT2D eigenvalue weighted by Crippen LogP contribution is -2.44. The van der Waals surface area contributed by atoms with Gasteiger partial charge < -0.3 is 4.90 Å². The molecule has 1 aliphatic heterocycles. The van der Waals surface area contributed by atoms with E-state index in [2.05, 4.69) is 5.10 Å². The Morgan fingerprint density at radius 3 is 2.39 bits per heavy atom. The van der Waals surface area contributed by atoms with E-state index in [0.29, 0.717) is 24.0 Å². The standard InChI is InChI=1S/C27H29FN4O3S/c1-27(2,3)26(33)30-13-11-21(12-14-30)31-17-19(16-29-31)24-18-32(25-15-20(28)9-10-23(24)25)36(34,35)22-7-5-4-6-8-22/h4-10,15-18,21H,11-14H2,1-3H3. The van der Waals surface area contributed by atoms with Crippen molar-refractivity contribution >= 4 is 26.8 Å². The van der Waals surface area contributed by atoms with E-state index in [4.69, 9.17) is 0 Å². The van der Waals surface area contributed by atoms with Crippen LogP contribution in [0.2, 0.25) is 0 Å². The van der Waals surface area contributed by atoms with Gasteiger partial charge in [0.25, 0.3) is 10.0 Å². The first-order chi connectivity index (χ1) is 17.1. The van der Waals surface area contributed by atoms with Crippen molar-refractivity contribution in [2.75, 3.05) is 13.1 Å². The molecule has 36 heavy (non-hydrogen) atoms. The number of rotatable bonds is 4. The average molecular weight is 509 g/mol. The number of fused-ring (bicyclic) bond motifs is 1. The molecule has 188 valence electrons. The molecule has 0 atom stereocenters. The Morgan fingerprint density at radius 2 is 1.72 bits per heavy atom. The van der Waals surface area contributed by atoms with Gasteiger partial charge in [-0.3, -0.25) is 9.48 Å². The van der Waals surface area contributed by atoms with E-state index in [1.165, 1.54) is 24.3 Å². The number of hydrogen-bond donors (Lipinski definition) is 0. The van der Waals surface area contributed by atoms with Crippen LogP contribution in [0.15, 0.2) is 72.0 Å². The van der Waals surface area contributed by atoms with E-state index in [0.717, 1.165) is 22.4 Å². The van der Waals surface area contributed by atoms with Crippen LogP contribution in [-0.4, -0.2) is 46.1 Å². The highest BCUT2D eigenvalue weighted by atomic mass is 32.2. The molecule has 7 nitrogen and oxygen atoms in total. The van der Waals surface area contributed by atoms with Crippen LogP contribution in [-0.2, 0) is 14.8 Å². The maximum absolute atomic E-state index is 14.2. The Hall–Kier alpha value is -3.46. The van der Waals surface area contributed by atoms with Crippen molar-refractivity contribution in [3.05, 3.63) is 72.9 Å². The van der Waals surface area contributed by atoms with Gasteiger partial charge in [-0.15, -0.1) is 0 Å². The summed E-state index contributed by atoms with van der Waals surface area (Å²) < 4.78 is 44.0. The summed E-state index contributed by atoms with van der Waals surface area (Å²) in [5.41, 5.74) is 1.29. The van der Waals surface area contributed by atoms with Gasteiger partial charge in [-0.2, -0.15) is 5.10 Å². The lowest BCUT2D eigenvalue weighted by molar-refractivity contribution is -0.140. The largest absolute Gasteiger partial charge is 0.342 e. The molecule has 0 radical (unpaired) electrons. The van der Waals surface area contributed by atoms with Gasteiger partial charge in [0.05, 0.1) is 22.7 Å². The molecule has 1 amide bonds. The first kappa shape index (κ1) is 24.2. The number of halogens is 1. The molecule has 0 saturated carbocycles. The van der Waals surface area contributed by atoms with Crippen molar-refractivity contribution in [3.8, 4) is 11.1 Å². The second kappa shape index (κ2) is 8.89. The van der Waals surface area contributed by atoms with Gasteiger partial charge in [0.2, 0.25) is 5.91 Å². The minimum atomic E-state index is -3.92. The molecule has 0 aliphatic carbocycles. The minimum absolute atomic E-state index is 0.130. The van der Waals surface area contributed by atoms with Gasteiger partial charge in [-0.05, 0) is 43.2 Å². The molecule has 1 fully saturated rings. The lowest BCUT2D eigenvalue weighted by Gasteiger charge is -2.35. The Bertz CT molecular complexity index is 1530. The molecular weight excluding hydrogens is 479 g/mol. The average Bonchev–Trinajstić information content (AvgIpc) is 3.49. The number of likely N-dealkylation sites (tertiary alicyclic amines) is 1.